The molecule has 0 spiro atoms. The molecular formula is C10H14N4O. The van der Waals surface area contributed by atoms with E-state index in [1.165, 1.54) is 0 Å². The minimum atomic E-state index is 0.00749. The number of aromatic nitrogens is 2. The Bertz CT molecular complexity index is 378. The number of carbonyl (C=O) groups excluding carboxylic acids is 1. The average molecular weight is 206 g/mol. The normalized spacial score (nSPS) is 14.9. The fourth-order valence-electron chi connectivity index (χ4n) is 1.50. The molecule has 1 aliphatic heterocycles. The van der Waals surface area contributed by atoms with Gasteiger partial charge in [-0.1, -0.05) is 6.92 Å². The Hall–Kier alpha value is -1.65. The van der Waals surface area contributed by atoms with E-state index in [2.05, 4.69) is 27.5 Å². The number of hydrogen-bond donors (Lipinski definition) is 2. The molecule has 15 heavy (non-hydrogen) atoms. The maximum absolute atomic E-state index is 11.2. The van der Waals surface area contributed by atoms with Gasteiger partial charge >= 0.3 is 0 Å². The number of anilines is 2. The number of fused-ring (bicyclic) bond motifs is 1. The highest BCUT2D eigenvalue weighted by Gasteiger charge is 2.13. The quantitative estimate of drug-likeness (QED) is 0.762. The SMILES string of the molecule is CCCc1ncc2c(n1)NCCC(=O)N2. The predicted octanol–water partition coefficient (Wildman–Crippen LogP) is 1.18. The summed E-state index contributed by atoms with van der Waals surface area (Å²) in [5, 5.41) is 5.89. The number of carbonyl (C=O) groups is 1. The molecule has 1 amide bonds. The molecule has 0 fully saturated rings. The summed E-state index contributed by atoms with van der Waals surface area (Å²) >= 11 is 0. The van der Waals surface area contributed by atoms with Crippen molar-refractivity contribution in [1.29, 1.82) is 0 Å². The topological polar surface area (TPSA) is 66.9 Å². The maximum atomic E-state index is 11.2. The molecule has 2 heterocycles. The highest BCUT2D eigenvalue weighted by molar-refractivity contribution is 5.94. The van der Waals surface area contributed by atoms with Gasteiger partial charge in [0.25, 0.3) is 0 Å². The van der Waals surface area contributed by atoms with Crippen molar-refractivity contribution >= 4 is 17.4 Å². The van der Waals surface area contributed by atoms with Gasteiger partial charge in [-0.2, -0.15) is 0 Å². The Labute approximate surface area is 88.3 Å². The van der Waals surface area contributed by atoms with Crippen molar-refractivity contribution in [2.45, 2.75) is 26.2 Å². The number of nitrogens with one attached hydrogen (secondary N) is 2. The third-order valence-electron chi connectivity index (χ3n) is 2.23. The molecule has 0 aromatic carbocycles. The predicted molar refractivity (Wildman–Crippen MR) is 57.8 cm³/mol. The summed E-state index contributed by atoms with van der Waals surface area (Å²) in [6.45, 7) is 2.71. The van der Waals surface area contributed by atoms with E-state index in [4.69, 9.17) is 0 Å². The largest absolute Gasteiger partial charge is 0.368 e. The van der Waals surface area contributed by atoms with Crippen LogP contribution < -0.4 is 10.6 Å². The molecule has 0 bridgehead atoms. The van der Waals surface area contributed by atoms with Gasteiger partial charge in [0.1, 0.15) is 11.5 Å². The Balaban J connectivity index is 2.27. The second kappa shape index (κ2) is 4.25. The van der Waals surface area contributed by atoms with Gasteiger partial charge in [0.15, 0.2) is 5.82 Å². The Morgan fingerprint density at radius 2 is 2.40 bits per heavy atom. The summed E-state index contributed by atoms with van der Waals surface area (Å²) in [7, 11) is 0. The van der Waals surface area contributed by atoms with Gasteiger partial charge in [-0.15, -0.1) is 0 Å². The van der Waals surface area contributed by atoms with Crippen LogP contribution in [0.15, 0.2) is 6.20 Å². The van der Waals surface area contributed by atoms with Gasteiger partial charge in [-0.05, 0) is 6.42 Å². The van der Waals surface area contributed by atoms with Crippen LogP contribution in [0.25, 0.3) is 0 Å². The highest BCUT2D eigenvalue weighted by Crippen LogP contribution is 2.20. The molecule has 0 saturated carbocycles. The van der Waals surface area contributed by atoms with Crippen molar-refractivity contribution in [3.63, 3.8) is 0 Å². The van der Waals surface area contributed by atoms with Crippen LogP contribution in [-0.4, -0.2) is 22.4 Å². The van der Waals surface area contributed by atoms with Crippen LogP contribution >= 0.6 is 0 Å². The standard InChI is InChI=1S/C10H14N4O/c1-2-3-8-12-6-7-10(14-8)11-5-4-9(15)13-7/h6H,2-5H2,1H3,(H,13,15)(H,11,12,14). The van der Waals surface area contributed by atoms with Gasteiger partial charge in [0.2, 0.25) is 5.91 Å². The Morgan fingerprint density at radius 3 is 3.20 bits per heavy atom. The lowest BCUT2D eigenvalue weighted by Crippen LogP contribution is -2.10. The van der Waals surface area contributed by atoms with E-state index in [9.17, 15) is 4.79 Å². The van der Waals surface area contributed by atoms with E-state index >= 15 is 0 Å². The van der Waals surface area contributed by atoms with E-state index < -0.39 is 0 Å². The van der Waals surface area contributed by atoms with Crippen molar-refractivity contribution in [1.82, 2.24) is 9.97 Å². The van der Waals surface area contributed by atoms with Crippen molar-refractivity contribution < 1.29 is 4.79 Å². The third kappa shape index (κ3) is 2.23. The molecule has 0 aliphatic carbocycles. The number of amides is 1. The molecule has 1 aliphatic rings. The molecular weight excluding hydrogens is 192 g/mol. The fraction of sp³-hybridized carbons (Fsp3) is 0.500. The maximum Gasteiger partial charge on any atom is 0.226 e. The number of hydrogen-bond acceptors (Lipinski definition) is 4. The molecule has 80 valence electrons. The molecule has 0 atom stereocenters. The zero-order valence-electron chi connectivity index (χ0n) is 8.71. The molecule has 5 nitrogen and oxygen atoms in total. The minimum Gasteiger partial charge on any atom is -0.368 e. The zero-order valence-corrected chi connectivity index (χ0v) is 8.71. The van der Waals surface area contributed by atoms with Crippen molar-refractivity contribution in [3.05, 3.63) is 12.0 Å². The molecule has 0 saturated heterocycles. The minimum absolute atomic E-state index is 0.00749. The van der Waals surface area contributed by atoms with Crippen LogP contribution in [0.1, 0.15) is 25.6 Å². The summed E-state index contributed by atoms with van der Waals surface area (Å²) in [5.74, 6) is 1.56. The van der Waals surface area contributed by atoms with Gasteiger partial charge in [-0.25, -0.2) is 9.97 Å². The van der Waals surface area contributed by atoms with Crippen LogP contribution in [0.3, 0.4) is 0 Å². The van der Waals surface area contributed by atoms with Gasteiger partial charge in [0.05, 0.1) is 6.20 Å². The summed E-state index contributed by atoms with van der Waals surface area (Å²) in [6.07, 6.45) is 4.02. The molecule has 0 unspecified atom stereocenters. The lowest BCUT2D eigenvalue weighted by Gasteiger charge is -2.07. The summed E-state index contributed by atoms with van der Waals surface area (Å²) in [4.78, 5) is 19.8. The molecule has 1 aromatic heterocycles. The lowest BCUT2D eigenvalue weighted by atomic mass is 10.3. The second-order valence-corrected chi connectivity index (χ2v) is 3.52. The van der Waals surface area contributed by atoms with E-state index in [-0.39, 0.29) is 5.91 Å². The van der Waals surface area contributed by atoms with Crippen LogP contribution in [-0.2, 0) is 11.2 Å². The van der Waals surface area contributed by atoms with Crippen molar-refractivity contribution in [2.24, 2.45) is 0 Å². The first-order valence-corrected chi connectivity index (χ1v) is 5.19. The summed E-state index contributed by atoms with van der Waals surface area (Å²) < 4.78 is 0. The first-order chi connectivity index (χ1) is 7.29. The van der Waals surface area contributed by atoms with Crippen LogP contribution in [0.4, 0.5) is 11.5 Å². The second-order valence-electron chi connectivity index (χ2n) is 3.52. The van der Waals surface area contributed by atoms with E-state index in [0.29, 0.717) is 18.7 Å². The fourth-order valence-corrected chi connectivity index (χ4v) is 1.50. The van der Waals surface area contributed by atoms with Crippen LogP contribution in [0.2, 0.25) is 0 Å². The monoisotopic (exact) mass is 206 g/mol. The van der Waals surface area contributed by atoms with E-state index in [1.54, 1.807) is 6.20 Å². The highest BCUT2D eigenvalue weighted by atomic mass is 16.1. The van der Waals surface area contributed by atoms with Gasteiger partial charge in [-0.3, -0.25) is 4.79 Å². The average Bonchev–Trinajstić information content (AvgIpc) is 2.39. The molecule has 2 rings (SSSR count). The van der Waals surface area contributed by atoms with E-state index in [0.717, 1.165) is 24.5 Å². The molecule has 0 radical (unpaired) electrons. The Morgan fingerprint density at radius 1 is 1.53 bits per heavy atom. The first kappa shape index (κ1) is 9.89. The summed E-state index contributed by atoms with van der Waals surface area (Å²) in [6, 6.07) is 0. The number of rotatable bonds is 2. The van der Waals surface area contributed by atoms with Gasteiger partial charge < -0.3 is 10.6 Å². The van der Waals surface area contributed by atoms with Crippen LogP contribution in [0.5, 0.6) is 0 Å². The Kier molecular flexibility index (Phi) is 2.80. The van der Waals surface area contributed by atoms with Crippen molar-refractivity contribution in [3.8, 4) is 0 Å². The van der Waals surface area contributed by atoms with Crippen LogP contribution in [0, 0.1) is 0 Å². The van der Waals surface area contributed by atoms with E-state index in [1.807, 2.05) is 0 Å². The lowest BCUT2D eigenvalue weighted by molar-refractivity contribution is -0.115. The smallest absolute Gasteiger partial charge is 0.226 e. The third-order valence-corrected chi connectivity index (χ3v) is 2.23. The van der Waals surface area contributed by atoms with Crippen molar-refractivity contribution in [2.75, 3.05) is 17.2 Å². The molecule has 5 heteroatoms. The number of nitrogens with zero attached hydrogens (tertiary/aromatic N) is 2. The van der Waals surface area contributed by atoms with Gasteiger partial charge in [0, 0.05) is 19.4 Å². The first-order valence-electron chi connectivity index (χ1n) is 5.19. The zero-order chi connectivity index (χ0) is 10.7. The molecule has 2 N–H and O–H groups in total. The summed E-state index contributed by atoms with van der Waals surface area (Å²) in [5.41, 5.74) is 0.678. The number of aryl methyl sites for hydroxylation is 1. The molecule has 1 aromatic rings.